The summed E-state index contributed by atoms with van der Waals surface area (Å²) in [5, 5.41) is 23.6. The minimum absolute atomic E-state index is 0.404. The van der Waals surface area contributed by atoms with Crippen molar-refractivity contribution in [1.29, 1.82) is 0 Å². The fourth-order valence-electron chi connectivity index (χ4n) is 2.64. The van der Waals surface area contributed by atoms with E-state index in [4.69, 9.17) is 9.84 Å². The number of para-hydroxylation sites is 1. The van der Waals surface area contributed by atoms with Gasteiger partial charge in [0.1, 0.15) is 17.5 Å². The van der Waals surface area contributed by atoms with Gasteiger partial charge >= 0.3 is 5.97 Å². The molecule has 30 heavy (non-hydrogen) atoms. The highest BCUT2D eigenvalue weighted by Crippen LogP contribution is 2.22. The number of hydrogen-bond acceptors (Lipinski definition) is 5. The largest absolute Gasteiger partial charge is 0.481 e. The topological polar surface area (TPSA) is 125 Å². The van der Waals surface area contributed by atoms with E-state index in [9.17, 15) is 19.5 Å². The molecule has 0 bridgehead atoms. The molecule has 0 unspecified atom stereocenters. The maximum Gasteiger partial charge on any atom is 0.305 e. The van der Waals surface area contributed by atoms with Crippen molar-refractivity contribution in [3.63, 3.8) is 0 Å². The number of amides is 2. The number of anilines is 1. The monoisotopic (exact) mass is 412 g/mol. The van der Waals surface area contributed by atoms with Crippen LogP contribution in [-0.4, -0.2) is 40.1 Å². The number of aliphatic carboxylic acids is 1. The number of carboxylic acid groups (broad SMARTS) is 1. The maximum atomic E-state index is 12.5. The summed E-state index contributed by atoms with van der Waals surface area (Å²) in [5.41, 5.74) is 0.404. The van der Waals surface area contributed by atoms with E-state index >= 15 is 0 Å². The van der Waals surface area contributed by atoms with E-state index in [0.29, 0.717) is 17.2 Å². The molecule has 2 rings (SSSR count). The minimum Gasteiger partial charge on any atom is -0.481 e. The molecule has 0 aromatic heterocycles. The first-order valence-corrected chi connectivity index (χ1v) is 9.26. The van der Waals surface area contributed by atoms with Crippen LogP contribution in [0.2, 0.25) is 0 Å². The van der Waals surface area contributed by atoms with Gasteiger partial charge in [0.2, 0.25) is 11.8 Å². The van der Waals surface area contributed by atoms with E-state index in [1.54, 1.807) is 36.4 Å². The van der Waals surface area contributed by atoms with Crippen molar-refractivity contribution in [2.75, 3.05) is 5.32 Å². The molecule has 2 amide bonds. The number of hydrogen-bond donors (Lipinski definition) is 4. The van der Waals surface area contributed by atoms with E-state index < -0.39 is 42.3 Å². The highest BCUT2D eigenvalue weighted by molar-refractivity contribution is 5.99. The molecule has 0 radical (unpaired) electrons. The van der Waals surface area contributed by atoms with Gasteiger partial charge in [0.05, 0.1) is 18.4 Å². The molecule has 3 atom stereocenters. The first-order valence-electron chi connectivity index (χ1n) is 9.26. The van der Waals surface area contributed by atoms with E-state index in [0.717, 1.165) is 0 Å². The van der Waals surface area contributed by atoms with Gasteiger partial charge < -0.3 is 25.6 Å². The van der Waals surface area contributed by atoms with Gasteiger partial charge in [-0.1, -0.05) is 24.3 Å². The lowest BCUT2D eigenvalue weighted by Crippen LogP contribution is -2.48. The molecule has 8 heteroatoms. The summed E-state index contributed by atoms with van der Waals surface area (Å²) in [6, 6.07) is 14.3. The second-order valence-corrected chi connectivity index (χ2v) is 6.59. The number of rotatable bonds is 10. The molecule has 0 heterocycles. The lowest BCUT2D eigenvalue weighted by molar-refractivity contribution is -0.140. The molecule has 0 aliphatic carbocycles. The average molecular weight is 412 g/mol. The Balaban J connectivity index is 2.04. The van der Waals surface area contributed by atoms with Crippen molar-refractivity contribution in [3.8, 4) is 11.5 Å². The number of nitrogens with one attached hydrogen (secondary N) is 2. The molecule has 4 N–H and O–H groups in total. The van der Waals surface area contributed by atoms with Crippen LogP contribution in [0.25, 0.3) is 0 Å². The molecular weight excluding hydrogens is 388 g/mol. The van der Waals surface area contributed by atoms with Crippen LogP contribution in [0, 0.1) is 5.92 Å². The van der Waals surface area contributed by atoms with Crippen LogP contribution < -0.4 is 15.4 Å². The highest BCUT2D eigenvalue weighted by atomic mass is 16.5. The van der Waals surface area contributed by atoms with Gasteiger partial charge in [-0.05, 0) is 43.3 Å². The van der Waals surface area contributed by atoms with Gasteiger partial charge in [-0.2, -0.15) is 0 Å². The Morgan fingerprint density at radius 3 is 2.17 bits per heavy atom. The Morgan fingerprint density at radius 1 is 1.03 bits per heavy atom. The first kappa shape index (κ1) is 22.6. The van der Waals surface area contributed by atoms with Gasteiger partial charge in [-0.25, -0.2) is 0 Å². The third-order valence-corrected chi connectivity index (χ3v) is 4.19. The zero-order valence-corrected chi connectivity index (χ0v) is 16.4. The highest BCUT2D eigenvalue weighted by Gasteiger charge is 2.28. The van der Waals surface area contributed by atoms with Gasteiger partial charge in [-0.3, -0.25) is 14.4 Å². The van der Waals surface area contributed by atoms with E-state index in [1.807, 2.05) is 18.2 Å². The fraction of sp³-hybridized carbons (Fsp3) is 0.227. The van der Waals surface area contributed by atoms with Crippen molar-refractivity contribution in [3.05, 3.63) is 67.3 Å². The van der Waals surface area contributed by atoms with E-state index in [2.05, 4.69) is 17.2 Å². The molecule has 158 valence electrons. The van der Waals surface area contributed by atoms with Crippen LogP contribution in [0.15, 0.2) is 67.3 Å². The zero-order valence-electron chi connectivity index (χ0n) is 16.4. The number of carboxylic acids is 1. The number of aliphatic hydroxyl groups excluding tert-OH is 1. The predicted octanol–water partition coefficient (Wildman–Crippen LogP) is 2.56. The van der Waals surface area contributed by atoms with Gasteiger partial charge in [0, 0.05) is 5.69 Å². The number of carbonyl (C=O) groups excluding carboxylic acids is 2. The third-order valence-electron chi connectivity index (χ3n) is 4.19. The van der Waals surface area contributed by atoms with Crippen LogP contribution in [0.5, 0.6) is 11.5 Å². The van der Waals surface area contributed by atoms with Gasteiger partial charge in [0.25, 0.3) is 0 Å². The van der Waals surface area contributed by atoms with Crippen LogP contribution in [0.4, 0.5) is 5.69 Å². The lowest BCUT2D eigenvalue weighted by atomic mass is 10.0. The normalized spacial score (nSPS) is 13.4. The molecule has 0 saturated heterocycles. The Bertz CT molecular complexity index is 880. The Morgan fingerprint density at radius 2 is 1.63 bits per heavy atom. The Labute approximate surface area is 174 Å². The van der Waals surface area contributed by atoms with Crippen molar-refractivity contribution >= 4 is 23.5 Å². The van der Waals surface area contributed by atoms with E-state index in [-0.39, 0.29) is 0 Å². The lowest BCUT2D eigenvalue weighted by Gasteiger charge is -2.21. The SMILES string of the molecule is C=C[C@H](C(=O)N[C@@H](CC(=O)O)C(=O)Nc1ccc(Oc2ccccc2)cc1)[C@@H](C)O. The summed E-state index contributed by atoms with van der Waals surface area (Å²) >= 11 is 0. The van der Waals surface area contributed by atoms with Crippen LogP contribution in [0.1, 0.15) is 13.3 Å². The summed E-state index contributed by atoms with van der Waals surface area (Å²) in [4.78, 5) is 35.9. The fourth-order valence-corrected chi connectivity index (χ4v) is 2.64. The summed E-state index contributed by atoms with van der Waals surface area (Å²) < 4.78 is 5.67. The van der Waals surface area contributed by atoms with Crippen molar-refractivity contribution in [2.24, 2.45) is 5.92 Å². The van der Waals surface area contributed by atoms with Gasteiger partial charge in [-0.15, -0.1) is 6.58 Å². The molecule has 8 nitrogen and oxygen atoms in total. The molecular formula is C22H24N2O6. The number of benzene rings is 2. The van der Waals surface area contributed by atoms with Gasteiger partial charge in [0.15, 0.2) is 0 Å². The number of ether oxygens (including phenoxy) is 1. The molecule has 0 fully saturated rings. The summed E-state index contributed by atoms with van der Waals surface area (Å²) in [7, 11) is 0. The summed E-state index contributed by atoms with van der Waals surface area (Å²) in [6.45, 7) is 4.87. The van der Waals surface area contributed by atoms with Crippen molar-refractivity contribution < 1.29 is 29.3 Å². The third kappa shape index (κ3) is 6.75. The molecule has 0 aliphatic heterocycles. The Hall–Kier alpha value is -3.65. The average Bonchev–Trinajstić information content (AvgIpc) is 2.69. The molecule has 2 aromatic carbocycles. The second kappa shape index (κ2) is 10.8. The molecule has 0 aliphatic rings. The van der Waals surface area contributed by atoms with Crippen molar-refractivity contribution in [1.82, 2.24) is 5.32 Å². The zero-order chi connectivity index (χ0) is 22.1. The molecule has 2 aromatic rings. The van der Waals surface area contributed by atoms with Crippen LogP contribution >= 0.6 is 0 Å². The standard InChI is InChI=1S/C22H24N2O6/c1-3-18(14(2)25)21(28)24-19(13-20(26)27)22(29)23-15-9-11-17(12-10-15)30-16-7-5-4-6-8-16/h3-12,14,18-19,25H,1,13H2,2H3,(H,23,29)(H,24,28)(H,26,27)/t14-,18+,19+/m1/s1. The minimum atomic E-state index is -1.32. The molecule has 0 saturated carbocycles. The predicted molar refractivity (Wildman–Crippen MR) is 111 cm³/mol. The number of aliphatic hydroxyl groups is 1. The smallest absolute Gasteiger partial charge is 0.305 e. The van der Waals surface area contributed by atoms with Crippen LogP contribution in [0.3, 0.4) is 0 Å². The van der Waals surface area contributed by atoms with Crippen LogP contribution in [-0.2, 0) is 14.4 Å². The maximum absolute atomic E-state index is 12.5. The number of carbonyl (C=O) groups is 3. The van der Waals surface area contributed by atoms with Crippen molar-refractivity contribution in [2.45, 2.75) is 25.5 Å². The molecule has 0 spiro atoms. The van der Waals surface area contributed by atoms with E-state index in [1.165, 1.54) is 13.0 Å². The Kier molecular flexibility index (Phi) is 8.13. The summed E-state index contributed by atoms with van der Waals surface area (Å²) in [5.74, 6) is -2.39. The first-order chi connectivity index (χ1) is 14.3. The second-order valence-electron chi connectivity index (χ2n) is 6.59. The summed E-state index contributed by atoms with van der Waals surface area (Å²) in [6.07, 6.45) is -0.411. The quantitative estimate of drug-likeness (QED) is 0.445.